The van der Waals surface area contributed by atoms with Gasteiger partial charge in [-0.2, -0.15) is 0 Å². The van der Waals surface area contributed by atoms with Gasteiger partial charge in [0, 0.05) is 11.1 Å². The highest BCUT2D eigenvalue weighted by Crippen LogP contribution is 2.61. The topological polar surface area (TPSA) is 9.23 Å². The molecule has 156 valence electrons. The highest BCUT2D eigenvalue weighted by atomic mass is 16.5. The summed E-state index contributed by atoms with van der Waals surface area (Å²) in [7, 11) is 0. The molecular weight excluding hydrogens is 376 g/mol. The highest BCUT2D eigenvalue weighted by Gasteiger charge is 2.50. The van der Waals surface area contributed by atoms with Gasteiger partial charge >= 0.3 is 0 Å². The molecular formula is C30H30O. The number of fused-ring (bicyclic) bond motifs is 9. The lowest BCUT2D eigenvalue weighted by Gasteiger charge is -2.39. The van der Waals surface area contributed by atoms with Crippen molar-refractivity contribution >= 4 is 0 Å². The van der Waals surface area contributed by atoms with Crippen LogP contribution in [-0.4, -0.2) is 0 Å². The SMILES string of the molecule is CC.CCC.c1ccc2c(c1)Oc1ccccc1C21c2ccccc2-c2ccccc21. The van der Waals surface area contributed by atoms with Crippen molar-refractivity contribution in [2.75, 3.05) is 0 Å². The van der Waals surface area contributed by atoms with Crippen LogP contribution in [0.3, 0.4) is 0 Å². The van der Waals surface area contributed by atoms with Crippen molar-refractivity contribution in [2.45, 2.75) is 39.5 Å². The highest BCUT2D eigenvalue weighted by molar-refractivity contribution is 5.88. The van der Waals surface area contributed by atoms with Crippen molar-refractivity contribution in [3.8, 4) is 22.6 Å². The van der Waals surface area contributed by atoms with Gasteiger partial charge in [-0.25, -0.2) is 0 Å². The minimum absolute atomic E-state index is 0.321. The Labute approximate surface area is 186 Å². The molecule has 0 bridgehead atoms. The van der Waals surface area contributed by atoms with Crippen LogP contribution in [0.1, 0.15) is 56.4 Å². The van der Waals surface area contributed by atoms with Crippen LogP contribution in [0.25, 0.3) is 11.1 Å². The second kappa shape index (κ2) is 8.81. The number of hydrogen-bond donors (Lipinski definition) is 0. The Hall–Kier alpha value is -3.32. The average Bonchev–Trinajstić information content (AvgIpc) is 3.13. The van der Waals surface area contributed by atoms with E-state index in [1.165, 1.54) is 39.8 Å². The van der Waals surface area contributed by atoms with Crippen molar-refractivity contribution in [1.29, 1.82) is 0 Å². The van der Waals surface area contributed by atoms with Crippen molar-refractivity contribution in [1.82, 2.24) is 0 Å². The van der Waals surface area contributed by atoms with E-state index in [9.17, 15) is 0 Å². The van der Waals surface area contributed by atoms with Crippen molar-refractivity contribution in [3.63, 3.8) is 0 Å². The van der Waals surface area contributed by atoms with Gasteiger partial charge in [-0.05, 0) is 34.4 Å². The van der Waals surface area contributed by atoms with E-state index in [0.29, 0.717) is 0 Å². The molecule has 1 aliphatic carbocycles. The average molecular weight is 407 g/mol. The molecule has 1 heterocycles. The van der Waals surface area contributed by atoms with Crippen LogP contribution in [-0.2, 0) is 5.41 Å². The molecule has 0 unspecified atom stereocenters. The van der Waals surface area contributed by atoms with E-state index in [2.05, 4.69) is 98.8 Å². The summed E-state index contributed by atoms with van der Waals surface area (Å²) in [4.78, 5) is 0. The molecule has 0 saturated heterocycles. The zero-order valence-corrected chi connectivity index (χ0v) is 18.9. The minimum atomic E-state index is -0.321. The molecule has 1 spiro atoms. The number of benzene rings is 4. The summed E-state index contributed by atoms with van der Waals surface area (Å²) in [6.45, 7) is 8.25. The van der Waals surface area contributed by atoms with E-state index in [0.717, 1.165) is 11.5 Å². The molecule has 0 amide bonds. The Bertz CT molecular complexity index is 1100. The molecule has 0 saturated carbocycles. The monoisotopic (exact) mass is 406 g/mol. The standard InChI is InChI=1S/C25H16O.C3H8.C2H6/c1-3-11-19-17(9-1)18-10-2-4-12-20(18)25(19)21-13-5-7-15-23(21)26-24-16-8-6-14-22(24)25;1-3-2;1-2/h1-16H;3H2,1-2H3;1-2H3. The third-order valence-corrected chi connectivity index (χ3v) is 5.75. The van der Waals surface area contributed by atoms with Gasteiger partial charge in [0.2, 0.25) is 0 Å². The number of hydrogen-bond acceptors (Lipinski definition) is 1. The maximum absolute atomic E-state index is 6.29. The van der Waals surface area contributed by atoms with E-state index < -0.39 is 0 Å². The van der Waals surface area contributed by atoms with Crippen LogP contribution < -0.4 is 4.74 Å². The molecule has 1 nitrogen and oxygen atoms in total. The van der Waals surface area contributed by atoms with Crippen molar-refractivity contribution in [3.05, 3.63) is 119 Å². The quantitative estimate of drug-likeness (QED) is 0.245. The van der Waals surface area contributed by atoms with Gasteiger partial charge in [-0.15, -0.1) is 0 Å². The van der Waals surface area contributed by atoms with E-state index in [1.807, 2.05) is 26.0 Å². The molecule has 6 rings (SSSR count). The summed E-state index contributed by atoms with van der Waals surface area (Å²) >= 11 is 0. The molecule has 4 aromatic carbocycles. The summed E-state index contributed by atoms with van der Waals surface area (Å²) in [5.41, 5.74) is 7.42. The third-order valence-electron chi connectivity index (χ3n) is 5.75. The second-order valence-corrected chi connectivity index (χ2v) is 7.64. The largest absolute Gasteiger partial charge is 0.457 e. The molecule has 2 aliphatic rings. The predicted octanol–water partition coefficient (Wildman–Crippen LogP) is 8.60. The van der Waals surface area contributed by atoms with E-state index in [1.54, 1.807) is 0 Å². The summed E-state index contributed by atoms with van der Waals surface area (Å²) < 4.78 is 6.29. The van der Waals surface area contributed by atoms with Crippen LogP contribution in [0.2, 0.25) is 0 Å². The second-order valence-electron chi connectivity index (χ2n) is 7.64. The molecule has 0 radical (unpaired) electrons. The van der Waals surface area contributed by atoms with E-state index in [4.69, 9.17) is 4.74 Å². The van der Waals surface area contributed by atoms with Crippen LogP contribution in [0.4, 0.5) is 0 Å². The molecule has 4 aromatic rings. The molecule has 1 aliphatic heterocycles. The van der Waals surface area contributed by atoms with Gasteiger partial charge in [0.05, 0.1) is 5.41 Å². The summed E-state index contributed by atoms with van der Waals surface area (Å²) in [6, 6.07) is 34.5. The van der Waals surface area contributed by atoms with Gasteiger partial charge < -0.3 is 4.74 Å². The Morgan fingerprint density at radius 1 is 0.516 bits per heavy atom. The van der Waals surface area contributed by atoms with Gasteiger partial charge in [-0.3, -0.25) is 0 Å². The lowest BCUT2D eigenvalue weighted by atomic mass is 9.66. The van der Waals surface area contributed by atoms with Crippen LogP contribution >= 0.6 is 0 Å². The number of ether oxygens (including phenoxy) is 1. The van der Waals surface area contributed by atoms with Gasteiger partial charge in [-0.1, -0.05) is 119 Å². The molecule has 0 atom stereocenters. The van der Waals surface area contributed by atoms with Crippen molar-refractivity contribution in [2.24, 2.45) is 0 Å². The van der Waals surface area contributed by atoms with Crippen LogP contribution in [0, 0.1) is 0 Å². The minimum Gasteiger partial charge on any atom is -0.457 e. The predicted molar refractivity (Wildman–Crippen MR) is 131 cm³/mol. The van der Waals surface area contributed by atoms with Crippen LogP contribution in [0.15, 0.2) is 97.1 Å². The summed E-state index contributed by atoms with van der Waals surface area (Å²) in [5.74, 6) is 1.88. The molecule has 1 heteroatoms. The lowest BCUT2D eigenvalue weighted by molar-refractivity contribution is 0.436. The van der Waals surface area contributed by atoms with Gasteiger partial charge in [0.15, 0.2) is 0 Å². The zero-order valence-electron chi connectivity index (χ0n) is 18.9. The number of para-hydroxylation sites is 2. The molecule has 0 fully saturated rings. The fourth-order valence-corrected chi connectivity index (χ4v) is 4.81. The third kappa shape index (κ3) is 3.08. The fraction of sp³-hybridized carbons (Fsp3) is 0.200. The normalized spacial score (nSPS) is 13.2. The van der Waals surface area contributed by atoms with E-state index >= 15 is 0 Å². The smallest absolute Gasteiger partial charge is 0.132 e. The van der Waals surface area contributed by atoms with Gasteiger partial charge in [0.25, 0.3) is 0 Å². The summed E-state index contributed by atoms with van der Waals surface area (Å²) in [6.07, 6.45) is 1.25. The first-order valence-electron chi connectivity index (χ1n) is 11.4. The number of rotatable bonds is 0. The maximum Gasteiger partial charge on any atom is 0.132 e. The zero-order chi connectivity index (χ0) is 21.8. The Kier molecular flexibility index (Phi) is 5.95. The first-order valence-corrected chi connectivity index (χ1v) is 11.4. The Balaban J connectivity index is 0.000000429. The van der Waals surface area contributed by atoms with Crippen molar-refractivity contribution < 1.29 is 4.74 Å². The first kappa shape index (κ1) is 20.9. The first-order chi connectivity index (χ1) is 15.3. The molecule has 0 aromatic heterocycles. The molecule has 0 N–H and O–H groups in total. The Morgan fingerprint density at radius 2 is 0.839 bits per heavy atom. The maximum atomic E-state index is 6.29. The van der Waals surface area contributed by atoms with Crippen LogP contribution in [0.5, 0.6) is 11.5 Å². The Morgan fingerprint density at radius 3 is 1.26 bits per heavy atom. The molecule has 31 heavy (non-hydrogen) atoms. The summed E-state index contributed by atoms with van der Waals surface area (Å²) in [5, 5.41) is 0. The van der Waals surface area contributed by atoms with Gasteiger partial charge in [0.1, 0.15) is 11.5 Å². The lowest BCUT2D eigenvalue weighted by Crippen LogP contribution is -2.32. The fourth-order valence-electron chi connectivity index (χ4n) is 4.81. The van der Waals surface area contributed by atoms with E-state index in [-0.39, 0.29) is 5.41 Å².